The number of amides is 1. The third kappa shape index (κ3) is 4.88. The monoisotopic (exact) mass is 453 g/mol. The van der Waals surface area contributed by atoms with Crippen LogP contribution < -0.4 is 10.1 Å². The number of ether oxygens (including phenoxy) is 1. The van der Waals surface area contributed by atoms with Gasteiger partial charge in [-0.3, -0.25) is 4.79 Å². The highest BCUT2D eigenvalue weighted by Crippen LogP contribution is 2.32. The molecular weight excluding hydrogens is 422 g/mol. The quantitative estimate of drug-likeness (QED) is 0.314. The van der Waals surface area contributed by atoms with E-state index in [1.807, 2.05) is 103 Å². The molecule has 0 radical (unpaired) electrons. The van der Waals surface area contributed by atoms with Gasteiger partial charge in [0.15, 0.2) is 0 Å². The molecule has 0 saturated heterocycles. The summed E-state index contributed by atoms with van der Waals surface area (Å²) >= 11 is 0. The molecule has 1 aromatic heterocycles. The Bertz CT molecular complexity index is 1230. The Labute approximate surface area is 201 Å². The normalized spacial score (nSPS) is 11.7. The van der Waals surface area contributed by atoms with Crippen molar-refractivity contribution >= 4 is 5.91 Å². The third-order valence-corrected chi connectivity index (χ3v) is 5.86. The zero-order valence-electron chi connectivity index (χ0n) is 20.0. The lowest BCUT2D eigenvalue weighted by atomic mass is 10.0. The first-order chi connectivity index (χ1) is 16.7. The number of benzene rings is 3. The summed E-state index contributed by atoms with van der Waals surface area (Å²) in [6.45, 7) is 7.27. The van der Waals surface area contributed by atoms with Crippen molar-refractivity contribution in [2.24, 2.45) is 0 Å². The number of nitrogens with zero attached hydrogens (tertiary/aromatic N) is 2. The van der Waals surface area contributed by atoms with Crippen molar-refractivity contribution in [2.75, 3.05) is 6.61 Å². The highest BCUT2D eigenvalue weighted by molar-refractivity contribution is 6.00. The molecule has 1 amide bonds. The fraction of sp³-hybridized carbons (Fsp3) is 0.241. The first-order valence-electron chi connectivity index (χ1n) is 11.9. The van der Waals surface area contributed by atoms with Crippen LogP contribution in [0.1, 0.15) is 49.3 Å². The summed E-state index contributed by atoms with van der Waals surface area (Å²) in [5.74, 6) is 1.40. The summed E-state index contributed by atoms with van der Waals surface area (Å²) in [4.78, 5) is 18.8. The van der Waals surface area contributed by atoms with Gasteiger partial charge < -0.3 is 14.6 Å². The van der Waals surface area contributed by atoms with Crippen molar-refractivity contribution in [3.05, 3.63) is 96.2 Å². The number of hydrogen-bond acceptors (Lipinski definition) is 3. The molecule has 174 valence electrons. The van der Waals surface area contributed by atoms with E-state index < -0.39 is 0 Å². The van der Waals surface area contributed by atoms with Crippen LogP contribution in [0.2, 0.25) is 0 Å². The number of rotatable bonds is 9. The standard InChI is InChI=1S/C29H31N3O2/c1-4-25(21-14-9-7-10-15-21)30-29(33)27-26(23-18-13-19-24(20-23)34-6-3)31-28(32(27)5-2)22-16-11-8-12-17-22/h7-20,25H,4-6H2,1-3H3,(H,30,33). The molecule has 3 aromatic carbocycles. The van der Waals surface area contributed by atoms with E-state index in [0.29, 0.717) is 24.5 Å². The average molecular weight is 454 g/mol. The Hall–Kier alpha value is -3.86. The van der Waals surface area contributed by atoms with Crippen molar-refractivity contribution in [1.82, 2.24) is 14.9 Å². The molecule has 0 aliphatic carbocycles. The largest absolute Gasteiger partial charge is 0.494 e. The van der Waals surface area contributed by atoms with E-state index in [1.165, 1.54) is 0 Å². The van der Waals surface area contributed by atoms with E-state index in [1.54, 1.807) is 0 Å². The van der Waals surface area contributed by atoms with E-state index in [-0.39, 0.29) is 11.9 Å². The molecule has 5 nitrogen and oxygen atoms in total. The van der Waals surface area contributed by atoms with E-state index in [9.17, 15) is 4.79 Å². The topological polar surface area (TPSA) is 56.2 Å². The van der Waals surface area contributed by atoms with E-state index in [2.05, 4.69) is 12.2 Å². The molecule has 4 aromatic rings. The number of hydrogen-bond donors (Lipinski definition) is 1. The van der Waals surface area contributed by atoms with E-state index in [0.717, 1.165) is 34.7 Å². The minimum atomic E-state index is -0.135. The third-order valence-electron chi connectivity index (χ3n) is 5.86. The molecule has 0 saturated carbocycles. The zero-order chi connectivity index (χ0) is 23.9. The van der Waals surface area contributed by atoms with Gasteiger partial charge in [-0.2, -0.15) is 0 Å². The fourth-order valence-corrected chi connectivity index (χ4v) is 4.23. The smallest absolute Gasteiger partial charge is 0.270 e. The number of carbonyl (C=O) groups excluding carboxylic acids is 1. The summed E-state index contributed by atoms with van der Waals surface area (Å²) in [6, 6.07) is 27.8. The molecule has 0 spiro atoms. The Morgan fingerprint density at radius 1 is 0.912 bits per heavy atom. The second-order valence-electron chi connectivity index (χ2n) is 8.05. The Kier molecular flexibility index (Phi) is 7.43. The summed E-state index contributed by atoms with van der Waals surface area (Å²) in [6.07, 6.45) is 0.788. The molecule has 1 heterocycles. The van der Waals surface area contributed by atoms with Crippen LogP contribution >= 0.6 is 0 Å². The van der Waals surface area contributed by atoms with Gasteiger partial charge in [-0.25, -0.2) is 4.98 Å². The summed E-state index contributed by atoms with van der Waals surface area (Å²) in [5, 5.41) is 3.26. The van der Waals surface area contributed by atoms with Crippen LogP contribution in [0, 0.1) is 0 Å². The molecule has 1 N–H and O–H groups in total. The second-order valence-corrected chi connectivity index (χ2v) is 8.05. The first-order valence-corrected chi connectivity index (χ1v) is 11.9. The maximum atomic E-state index is 13.8. The highest BCUT2D eigenvalue weighted by Gasteiger charge is 2.26. The fourth-order valence-electron chi connectivity index (χ4n) is 4.23. The van der Waals surface area contributed by atoms with Crippen LogP contribution in [0.25, 0.3) is 22.6 Å². The number of nitrogens with one attached hydrogen (secondary N) is 1. The van der Waals surface area contributed by atoms with Crippen LogP contribution in [0.15, 0.2) is 84.9 Å². The van der Waals surface area contributed by atoms with Crippen LogP contribution in [0.5, 0.6) is 5.75 Å². The molecule has 4 rings (SSSR count). The van der Waals surface area contributed by atoms with Gasteiger partial charge in [0.2, 0.25) is 0 Å². The SMILES string of the molecule is CCOc1cccc(-c2nc(-c3ccccc3)n(CC)c2C(=O)NC(CC)c2ccccc2)c1. The number of carbonyl (C=O) groups is 1. The number of aromatic nitrogens is 2. The molecule has 5 heteroatoms. The summed E-state index contributed by atoms with van der Waals surface area (Å²) in [5.41, 5.74) is 4.13. The molecular formula is C29H31N3O2. The highest BCUT2D eigenvalue weighted by atomic mass is 16.5. The van der Waals surface area contributed by atoms with Gasteiger partial charge >= 0.3 is 0 Å². The van der Waals surface area contributed by atoms with E-state index in [4.69, 9.17) is 9.72 Å². The predicted molar refractivity (Wildman–Crippen MR) is 137 cm³/mol. The average Bonchev–Trinajstić information content (AvgIpc) is 3.28. The minimum absolute atomic E-state index is 0.0864. The second kappa shape index (κ2) is 10.8. The lowest BCUT2D eigenvalue weighted by Gasteiger charge is -2.19. The van der Waals surface area contributed by atoms with Gasteiger partial charge in [-0.05, 0) is 38.0 Å². The molecule has 0 fully saturated rings. The van der Waals surface area contributed by atoms with Crippen molar-refractivity contribution in [3.63, 3.8) is 0 Å². The van der Waals surface area contributed by atoms with Crippen LogP contribution in [0.4, 0.5) is 0 Å². The molecule has 34 heavy (non-hydrogen) atoms. The van der Waals surface area contributed by atoms with Gasteiger partial charge in [0.25, 0.3) is 5.91 Å². The van der Waals surface area contributed by atoms with Crippen molar-refractivity contribution in [2.45, 2.75) is 39.8 Å². The Balaban J connectivity index is 1.83. The van der Waals surface area contributed by atoms with Crippen LogP contribution in [0.3, 0.4) is 0 Å². The van der Waals surface area contributed by atoms with Gasteiger partial charge in [-0.1, -0.05) is 79.7 Å². The summed E-state index contributed by atoms with van der Waals surface area (Å²) in [7, 11) is 0. The lowest BCUT2D eigenvalue weighted by molar-refractivity contribution is 0.0927. The lowest BCUT2D eigenvalue weighted by Crippen LogP contribution is -2.30. The summed E-state index contributed by atoms with van der Waals surface area (Å²) < 4.78 is 7.73. The molecule has 0 aliphatic rings. The van der Waals surface area contributed by atoms with Crippen molar-refractivity contribution < 1.29 is 9.53 Å². The minimum Gasteiger partial charge on any atom is -0.494 e. The van der Waals surface area contributed by atoms with Gasteiger partial charge in [0, 0.05) is 17.7 Å². The van der Waals surface area contributed by atoms with Gasteiger partial charge in [-0.15, -0.1) is 0 Å². The molecule has 0 bridgehead atoms. The maximum Gasteiger partial charge on any atom is 0.270 e. The zero-order valence-corrected chi connectivity index (χ0v) is 20.0. The van der Waals surface area contributed by atoms with Crippen molar-refractivity contribution in [3.8, 4) is 28.4 Å². The Morgan fingerprint density at radius 2 is 1.59 bits per heavy atom. The molecule has 1 unspecified atom stereocenters. The van der Waals surface area contributed by atoms with Crippen molar-refractivity contribution in [1.29, 1.82) is 0 Å². The van der Waals surface area contributed by atoms with Gasteiger partial charge in [0.05, 0.1) is 12.6 Å². The number of imidazole rings is 1. The molecule has 1 atom stereocenters. The van der Waals surface area contributed by atoms with Crippen LogP contribution in [-0.2, 0) is 6.54 Å². The van der Waals surface area contributed by atoms with E-state index >= 15 is 0 Å². The first kappa shape index (κ1) is 23.3. The predicted octanol–water partition coefficient (Wildman–Crippen LogP) is 6.52. The molecule has 0 aliphatic heterocycles. The van der Waals surface area contributed by atoms with Crippen LogP contribution in [-0.4, -0.2) is 22.1 Å². The Morgan fingerprint density at radius 3 is 2.24 bits per heavy atom. The maximum absolute atomic E-state index is 13.8. The van der Waals surface area contributed by atoms with Gasteiger partial charge in [0.1, 0.15) is 23.0 Å².